The molecule has 1 fully saturated rings. The Balaban J connectivity index is 1.90. The van der Waals surface area contributed by atoms with Gasteiger partial charge in [0.05, 0.1) is 16.6 Å². The highest BCUT2D eigenvalue weighted by Crippen LogP contribution is 2.33. The van der Waals surface area contributed by atoms with Gasteiger partial charge in [-0.15, -0.1) is 0 Å². The Morgan fingerprint density at radius 3 is 2.50 bits per heavy atom. The minimum Gasteiger partial charge on any atom is -0.305 e. The number of halogens is 3. The Kier molecular flexibility index (Phi) is 3.99. The molecule has 4 nitrogen and oxygen atoms in total. The molecule has 0 aliphatic carbocycles. The maximum absolute atomic E-state index is 13.0. The highest BCUT2D eigenvalue weighted by Gasteiger charge is 2.33. The van der Waals surface area contributed by atoms with Gasteiger partial charge in [-0.3, -0.25) is 4.57 Å². The van der Waals surface area contributed by atoms with E-state index in [1.54, 1.807) is 6.07 Å². The molecule has 120 valence electrons. The summed E-state index contributed by atoms with van der Waals surface area (Å²) in [6, 6.07) is 3.89. The first kappa shape index (κ1) is 15.1. The third-order valence-electron chi connectivity index (χ3n) is 4.20. The highest BCUT2D eigenvalue weighted by molar-refractivity contribution is 5.79. The fraction of sp³-hybridized carbons (Fsp3) is 0.533. The molecule has 2 aromatic rings. The van der Waals surface area contributed by atoms with E-state index in [-0.39, 0.29) is 5.52 Å². The van der Waals surface area contributed by atoms with Crippen molar-refractivity contribution in [1.29, 1.82) is 0 Å². The maximum atomic E-state index is 13.0. The van der Waals surface area contributed by atoms with E-state index in [1.807, 2.05) is 0 Å². The monoisotopic (exact) mass is 313 g/mol. The van der Waals surface area contributed by atoms with Crippen LogP contribution < -0.4 is 5.69 Å². The summed E-state index contributed by atoms with van der Waals surface area (Å²) in [6.07, 6.45) is -0.970. The molecule has 1 saturated heterocycles. The third kappa shape index (κ3) is 2.90. The van der Waals surface area contributed by atoms with Crippen LogP contribution in [0.3, 0.4) is 0 Å². The molecule has 1 aromatic carbocycles. The Morgan fingerprint density at radius 1 is 1.09 bits per heavy atom. The van der Waals surface area contributed by atoms with Gasteiger partial charge in [0.25, 0.3) is 0 Å². The van der Waals surface area contributed by atoms with Crippen molar-refractivity contribution in [2.24, 2.45) is 0 Å². The Labute approximate surface area is 125 Å². The number of fused-ring (bicyclic) bond motifs is 1. The van der Waals surface area contributed by atoms with Gasteiger partial charge in [-0.05, 0) is 38.1 Å². The van der Waals surface area contributed by atoms with Crippen molar-refractivity contribution in [3.63, 3.8) is 0 Å². The number of para-hydroxylation sites is 1. The molecule has 1 N–H and O–H groups in total. The minimum atomic E-state index is -4.47. The number of nitrogens with zero attached hydrogens (tertiary/aromatic N) is 2. The summed E-state index contributed by atoms with van der Waals surface area (Å²) in [5.41, 5.74) is -1.09. The standard InChI is InChI=1S/C15H18F3N3O/c16-15(17,18)11-5-4-6-12-13(11)19-14(22)21(12)10-9-20-7-2-1-3-8-20/h4-6H,1-3,7-10H2,(H,19,22). The largest absolute Gasteiger partial charge is 0.418 e. The van der Waals surface area contributed by atoms with Gasteiger partial charge in [0, 0.05) is 13.1 Å². The summed E-state index contributed by atoms with van der Waals surface area (Å²) < 4.78 is 40.4. The summed E-state index contributed by atoms with van der Waals surface area (Å²) in [4.78, 5) is 16.6. The lowest BCUT2D eigenvalue weighted by Gasteiger charge is -2.26. The topological polar surface area (TPSA) is 41.0 Å². The number of aromatic nitrogens is 2. The lowest BCUT2D eigenvalue weighted by Crippen LogP contribution is -2.34. The zero-order valence-electron chi connectivity index (χ0n) is 12.1. The van der Waals surface area contributed by atoms with Gasteiger partial charge < -0.3 is 9.88 Å². The minimum absolute atomic E-state index is 0.126. The molecule has 22 heavy (non-hydrogen) atoms. The Morgan fingerprint density at radius 2 is 1.82 bits per heavy atom. The fourth-order valence-corrected chi connectivity index (χ4v) is 3.06. The van der Waals surface area contributed by atoms with Crippen molar-refractivity contribution in [3.8, 4) is 0 Å². The molecule has 0 radical (unpaired) electrons. The van der Waals surface area contributed by atoms with Crippen molar-refractivity contribution in [2.45, 2.75) is 32.0 Å². The lowest BCUT2D eigenvalue weighted by atomic mass is 10.1. The first-order valence-corrected chi connectivity index (χ1v) is 7.48. The normalized spacial score (nSPS) is 17.2. The predicted octanol–water partition coefficient (Wildman–Crippen LogP) is 2.83. The molecule has 0 atom stereocenters. The second-order valence-electron chi connectivity index (χ2n) is 5.68. The number of hydrogen-bond acceptors (Lipinski definition) is 2. The molecular formula is C15H18F3N3O. The molecule has 0 saturated carbocycles. The van der Waals surface area contributed by atoms with Gasteiger partial charge in [0.15, 0.2) is 0 Å². The Bertz CT molecular complexity index is 711. The number of rotatable bonds is 3. The average Bonchev–Trinajstić information content (AvgIpc) is 2.80. The molecule has 0 spiro atoms. The summed E-state index contributed by atoms with van der Waals surface area (Å²) in [5, 5.41) is 0. The van der Waals surface area contributed by atoms with E-state index >= 15 is 0 Å². The number of likely N-dealkylation sites (tertiary alicyclic amines) is 1. The molecule has 3 rings (SSSR count). The number of aromatic amines is 1. The van der Waals surface area contributed by atoms with E-state index < -0.39 is 17.4 Å². The highest BCUT2D eigenvalue weighted by atomic mass is 19.4. The molecule has 2 heterocycles. The summed E-state index contributed by atoms with van der Waals surface area (Å²) in [5.74, 6) is 0. The number of nitrogens with one attached hydrogen (secondary N) is 1. The molecule has 7 heteroatoms. The van der Waals surface area contributed by atoms with Crippen LogP contribution in [0.25, 0.3) is 11.0 Å². The van der Waals surface area contributed by atoms with Crippen molar-refractivity contribution in [3.05, 3.63) is 34.2 Å². The van der Waals surface area contributed by atoms with Crippen LogP contribution in [0.15, 0.2) is 23.0 Å². The summed E-state index contributed by atoms with van der Waals surface area (Å²) in [7, 11) is 0. The van der Waals surface area contributed by atoms with Crippen molar-refractivity contribution in [1.82, 2.24) is 14.5 Å². The van der Waals surface area contributed by atoms with Crippen LogP contribution in [0.1, 0.15) is 24.8 Å². The first-order valence-electron chi connectivity index (χ1n) is 7.48. The number of hydrogen-bond donors (Lipinski definition) is 1. The molecule has 1 aliphatic heterocycles. The third-order valence-corrected chi connectivity index (χ3v) is 4.20. The number of benzene rings is 1. The van der Waals surface area contributed by atoms with Crippen LogP contribution in [-0.4, -0.2) is 34.1 Å². The van der Waals surface area contributed by atoms with E-state index in [0.717, 1.165) is 32.0 Å². The Hall–Kier alpha value is -1.76. The zero-order valence-corrected chi connectivity index (χ0v) is 12.1. The van der Waals surface area contributed by atoms with Gasteiger partial charge in [-0.25, -0.2) is 4.79 Å². The first-order chi connectivity index (χ1) is 10.5. The van der Waals surface area contributed by atoms with Gasteiger partial charge in [0.2, 0.25) is 0 Å². The van der Waals surface area contributed by atoms with Gasteiger partial charge in [-0.1, -0.05) is 12.5 Å². The van der Waals surface area contributed by atoms with Crippen LogP contribution in [0.4, 0.5) is 13.2 Å². The fourth-order valence-electron chi connectivity index (χ4n) is 3.06. The van der Waals surface area contributed by atoms with Gasteiger partial charge in [-0.2, -0.15) is 13.2 Å². The number of imidazole rings is 1. The second kappa shape index (κ2) is 5.79. The van der Waals surface area contributed by atoms with Crippen LogP contribution >= 0.6 is 0 Å². The second-order valence-corrected chi connectivity index (χ2v) is 5.68. The molecule has 1 aromatic heterocycles. The van der Waals surface area contributed by atoms with E-state index in [2.05, 4.69) is 9.88 Å². The van der Waals surface area contributed by atoms with Crippen molar-refractivity contribution in [2.75, 3.05) is 19.6 Å². The molecular weight excluding hydrogens is 295 g/mol. The smallest absolute Gasteiger partial charge is 0.305 e. The summed E-state index contributed by atoms with van der Waals surface area (Å²) >= 11 is 0. The van der Waals surface area contributed by atoms with E-state index in [4.69, 9.17) is 0 Å². The van der Waals surface area contributed by atoms with E-state index in [1.165, 1.54) is 17.1 Å². The van der Waals surface area contributed by atoms with Crippen LogP contribution in [0, 0.1) is 0 Å². The van der Waals surface area contributed by atoms with Crippen molar-refractivity contribution < 1.29 is 13.2 Å². The van der Waals surface area contributed by atoms with Gasteiger partial charge >= 0.3 is 11.9 Å². The quantitative estimate of drug-likeness (QED) is 0.946. The lowest BCUT2D eigenvalue weighted by molar-refractivity contribution is -0.136. The molecule has 0 amide bonds. The number of alkyl halides is 3. The van der Waals surface area contributed by atoms with E-state index in [0.29, 0.717) is 18.6 Å². The van der Waals surface area contributed by atoms with E-state index in [9.17, 15) is 18.0 Å². The predicted molar refractivity (Wildman–Crippen MR) is 77.9 cm³/mol. The molecule has 1 aliphatic rings. The SMILES string of the molecule is O=c1[nH]c2c(C(F)(F)F)cccc2n1CCN1CCCCC1. The van der Waals surface area contributed by atoms with Gasteiger partial charge in [0.1, 0.15) is 0 Å². The number of H-pyrrole nitrogens is 1. The van der Waals surface area contributed by atoms with Crippen molar-refractivity contribution >= 4 is 11.0 Å². The summed E-state index contributed by atoms with van der Waals surface area (Å²) in [6.45, 7) is 3.07. The molecule has 0 bridgehead atoms. The average molecular weight is 313 g/mol. The zero-order chi connectivity index (χ0) is 15.7. The van der Waals surface area contributed by atoms with Crippen LogP contribution in [0.2, 0.25) is 0 Å². The maximum Gasteiger partial charge on any atom is 0.418 e. The molecule has 0 unspecified atom stereocenters. The number of piperidine rings is 1. The van der Waals surface area contributed by atoms with Crippen LogP contribution in [0.5, 0.6) is 0 Å². The van der Waals surface area contributed by atoms with Crippen LogP contribution in [-0.2, 0) is 12.7 Å².